The molecule has 3 aromatic rings. The summed E-state index contributed by atoms with van der Waals surface area (Å²) in [6.07, 6.45) is 6.53. The second-order valence-corrected chi connectivity index (χ2v) is 6.71. The molecule has 130 valence electrons. The van der Waals surface area contributed by atoms with Gasteiger partial charge < -0.3 is 9.47 Å². The summed E-state index contributed by atoms with van der Waals surface area (Å²) in [6, 6.07) is 2.37. The quantitative estimate of drug-likeness (QED) is 0.711. The first kappa shape index (κ1) is 15.8. The van der Waals surface area contributed by atoms with Gasteiger partial charge in [-0.1, -0.05) is 13.8 Å². The van der Waals surface area contributed by atoms with Gasteiger partial charge in [0.25, 0.3) is 0 Å². The highest BCUT2D eigenvalue weighted by molar-refractivity contribution is 5.67. The van der Waals surface area contributed by atoms with Gasteiger partial charge in [-0.25, -0.2) is 14.5 Å². The zero-order valence-electron chi connectivity index (χ0n) is 14.8. The molecule has 0 spiro atoms. The van der Waals surface area contributed by atoms with E-state index in [2.05, 4.69) is 40.0 Å². The zero-order valence-corrected chi connectivity index (χ0v) is 14.8. The van der Waals surface area contributed by atoms with E-state index in [1.54, 1.807) is 19.5 Å². The Hall–Kier alpha value is -2.70. The van der Waals surface area contributed by atoms with Gasteiger partial charge in [-0.3, -0.25) is 0 Å². The molecular weight excluding hydrogens is 318 g/mol. The molecule has 0 unspecified atom stereocenters. The minimum atomic E-state index is 0.270. The van der Waals surface area contributed by atoms with E-state index >= 15 is 0 Å². The van der Waals surface area contributed by atoms with E-state index in [-0.39, 0.29) is 6.01 Å². The summed E-state index contributed by atoms with van der Waals surface area (Å²) in [6.45, 7) is 4.55. The third-order valence-electron chi connectivity index (χ3n) is 4.87. The molecule has 3 heterocycles. The molecule has 25 heavy (non-hydrogen) atoms. The SMILES string of the molecule is COc1ncc(-c2cc([C@H]3C[C@@H]3C(C)C)c3nccn3n2)c(OC)n1. The van der Waals surface area contributed by atoms with Crippen LogP contribution in [0.15, 0.2) is 24.7 Å². The van der Waals surface area contributed by atoms with Crippen molar-refractivity contribution in [1.29, 1.82) is 0 Å². The number of aromatic nitrogens is 5. The number of methoxy groups -OCH3 is 2. The van der Waals surface area contributed by atoms with Crippen LogP contribution in [-0.4, -0.2) is 38.8 Å². The maximum atomic E-state index is 5.42. The Balaban J connectivity index is 1.84. The van der Waals surface area contributed by atoms with Crippen molar-refractivity contribution >= 4 is 5.65 Å². The van der Waals surface area contributed by atoms with Crippen LogP contribution in [0.25, 0.3) is 16.9 Å². The molecule has 0 aliphatic heterocycles. The fourth-order valence-electron chi connectivity index (χ4n) is 3.44. The van der Waals surface area contributed by atoms with E-state index in [0.717, 1.165) is 16.9 Å². The van der Waals surface area contributed by atoms with E-state index < -0.39 is 0 Å². The summed E-state index contributed by atoms with van der Waals surface area (Å²) in [5, 5.41) is 4.66. The van der Waals surface area contributed by atoms with Crippen LogP contribution in [0.5, 0.6) is 11.9 Å². The first-order valence-electron chi connectivity index (χ1n) is 8.42. The van der Waals surface area contributed by atoms with Gasteiger partial charge in [0.1, 0.15) is 0 Å². The minimum Gasteiger partial charge on any atom is -0.480 e. The van der Waals surface area contributed by atoms with Crippen molar-refractivity contribution < 1.29 is 9.47 Å². The normalized spacial score (nSPS) is 19.4. The molecule has 7 heteroatoms. The predicted molar refractivity (Wildman–Crippen MR) is 92.8 cm³/mol. The van der Waals surface area contributed by atoms with Gasteiger partial charge in [0.05, 0.1) is 25.5 Å². The second-order valence-electron chi connectivity index (χ2n) is 6.71. The molecule has 1 aliphatic rings. The van der Waals surface area contributed by atoms with Crippen molar-refractivity contribution in [1.82, 2.24) is 24.6 Å². The number of rotatable bonds is 5. The molecule has 0 saturated heterocycles. The van der Waals surface area contributed by atoms with Crippen LogP contribution in [0, 0.1) is 11.8 Å². The molecule has 7 nitrogen and oxygen atoms in total. The van der Waals surface area contributed by atoms with Gasteiger partial charge in [-0.15, -0.1) is 0 Å². The highest BCUT2D eigenvalue weighted by Crippen LogP contribution is 2.53. The third-order valence-corrected chi connectivity index (χ3v) is 4.87. The third kappa shape index (κ3) is 2.69. The molecule has 1 fully saturated rings. The maximum absolute atomic E-state index is 5.42. The minimum absolute atomic E-state index is 0.270. The Kier molecular flexibility index (Phi) is 3.78. The fourth-order valence-corrected chi connectivity index (χ4v) is 3.44. The molecule has 0 N–H and O–H groups in total. The molecule has 0 aromatic carbocycles. The van der Waals surface area contributed by atoms with Crippen LogP contribution in [0.1, 0.15) is 31.7 Å². The second kappa shape index (κ2) is 5.98. The van der Waals surface area contributed by atoms with Gasteiger partial charge in [0.15, 0.2) is 5.65 Å². The lowest BCUT2D eigenvalue weighted by atomic mass is 10.0. The number of ether oxygens (including phenoxy) is 2. The number of imidazole rings is 1. The number of nitrogens with zero attached hydrogens (tertiary/aromatic N) is 5. The first-order valence-corrected chi connectivity index (χ1v) is 8.42. The number of fused-ring (bicyclic) bond motifs is 1. The Morgan fingerprint density at radius 1 is 1.20 bits per heavy atom. The lowest BCUT2D eigenvalue weighted by Gasteiger charge is -2.11. The smallest absolute Gasteiger partial charge is 0.319 e. The van der Waals surface area contributed by atoms with Gasteiger partial charge in [0, 0.05) is 24.2 Å². The average molecular weight is 339 g/mol. The Bertz CT molecular complexity index is 921. The Morgan fingerprint density at radius 2 is 2.04 bits per heavy atom. The topological polar surface area (TPSA) is 74.4 Å². The molecule has 3 aromatic heterocycles. The van der Waals surface area contributed by atoms with E-state index in [9.17, 15) is 0 Å². The molecule has 1 aliphatic carbocycles. The molecule has 0 radical (unpaired) electrons. The van der Waals surface area contributed by atoms with Crippen LogP contribution in [-0.2, 0) is 0 Å². The van der Waals surface area contributed by atoms with E-state index in [1.807, 2.05) is 10.7 Å². The molecule has 0 bridgehead atoms. The lowest BCUT2D eigenvalue weighted by molar-refractivity contribution is 0.353. The summed E-state index contributed by atoms with van der Waals surface area (Å²) in [5.74, 6) is 2.33. The van der Waals surface area contributed by atoms with Crippen molar-refractivity contribution in [3.63, 3.8) is 0 Å². The highest BCUT2D eigenvalue weighted by atomic mass is 16.5. The predicted octanol–water partition coefficient (Wildman–Crippen LogP) is 2.96. The summed E-state index contributed by atoms with van der Waals surface area (Å²) < 4.78 is 12.3. The molecular formula is C18H21N5O2. The van der Waals surface area contributed by atoms with E-state index in [1.165, 1.54) is 19.1 Å². The molecule has 4 rings (SSSR count). The Morgan fingerprint density at radius 3 is 2.72 bits per heavy atom. The van der Waals surface area contributed by atoms with Crippen LogP contribution in [0.4, 0.5) is 0 Å². The highest BCUT2D eigenvalue weighted by Gasteiger charge is 2.42. The molecule has 1 saturated carbocycles. The van der Waals surface area contributed by atoms with Gasteiger partial charge >= 0.3 is 6.01 Å². The van der Waals surface area contributed by atoms with Gasteiger partial charge in [-0.2, -0.15) is 10.1 Å². The lowest BCUT2D eigenvalue weighted by Crippen LogP contribution is -2.03. The van der Waals surface area contributed by atoms with E-state index in [4.69, 9.17) is 9.47 Å². The Labute approximate surface area is 146 Å². The maximum Gasteiger partial charge on any atom is 0.319 e. The van der Waals surface area contributed by atoms with Crippen LogP contribution < -0.4 is 9.47 Å². The fraction of sp³-hybridized carbons (Fsp3) is 0.444. The summed E-state index contributed by atoms with van der Waals surface area (Å²) in [4.78, 5) is 13.0. The number of hydrogen-bond donors (Lipinski definition) is 0. The van der Waals surface area contributed by atoms with E-state index in [0.29, 0.717) is 23.6 Å². The summed E-state index contributed by atoms with van der Waals surface area (Å²) in [5.41, 5.74) is 3.66. The monoisotopic (exact) mass is 339 g/mol. The number of hydrogen-bond acceptors (Lipinski definition) is 6. The van der Waals surface area contributed by atoms with Gasteiger partial charge in [-0.05, 0) is 30.2 Å². The zero-order chi connectivity index (χ0) is 17.6. The van der Waals surface area contributed by atoms with Crippen LogP contribution in [0.3, 0.4) is 0 Å². The summed E-state index contributed by atoms with van der Waals surface area (Å²) in [7, 11) is 3.11. The average Bonchev–Trinajstić information content (AvgIpc) is 3.30. The van der Waals surface area contributed by atoms with Crippen LogP contribution >= 0.6 is 0 Å². The van der Waals surface area contributed by atoms with Crippen molar-refractivity contribution in [3.05, 3.63) is 30.2 Å². The first-order chi connectivity index (χ1) is 12.1. The van der Waals surface area contributed by atoms with Crippen molar-refractivity contribution in [2.24, 2.45) is 11.8 Å². The van der Waals surface area contributed by atoms with Crippen molar-refractivity contribution in [3.8, 4) is 23.1 Å². The largest absolute Gasteiger partial charge is 0.480 e. The molecule has 2 atom stereocenters. The standard InChI is InChI=1S/C18H21N5O2/c1-10(2)11-7-12(11)13-8-15(22-23-6-5-19-16(13)23)14-9-20-18(25-4)21-17(14)24-3/h5-6,8-12H,7H2,1-4H3/t11-,12+/m1/s1. The molecule has 0 amide bonds. The summed E-state index contributed by atoms with van der Waals surface area (Å²) >= 11 is 0. The van der Waals surface area contributed by atoms with Crippen molar-refractivity contribution in [2.75, 3.05) is 14.2 Å². The van der Waals surface area contributed by atoms with Gasteiger partial charge in [0.2, 0.25) is 5.88 Å². The van der Waals surface area contributed by atoms with Crippen molar-refractivity contribution in [2.45, 2.75) is 26.2 Å². The van der Waals surface area contributed by atoms with Crippen LogP contribution in [0.2, 0.25) is 0 Å².